The Hall–Kier alpha value is -6.04. The number of likely N-dealkylation sites (N-methyl/N-ethyl adjacent to an activating group) is 2. The Labute approximate surface area is 375 Å². The number of carbonyl (C=O) groups excluding carboxylic acids is 7. The van der Waals surface area contributed by atoms with Gasteiger partial charge in [0.25, 0.3) is 0 Å². The van der Waals surface area contributed by atoms with Crippen molar-refractivity contribution in [2.24, 2.45) is 0 Å². The highest BCUT2D eigenvalue weighted by molar-refractivity contribution is 5.97. The van der Waals surface area contributed by atoms with Crippen molar-refractivity contribution in [3.8, 4) is 16.9 Å². The van der Waals surface area contributed by atoms with Gasteiger partial charge in [0.1, 0.15) is 36.0 Å². The molecule has 0 radical (unpaired) electrons. The summed E-state index contributed by atoms with van der Waals surface area (Å²) < 4.78 is 0. The van der Waals surface area contributed by atoms with Crippen molar-refractivity contribution in [3.05, 3.63) is 53.1 Å². The molecule has 0 spiro atoms. The molecule has 7 amide bonds. The summed E-state index contributed by atoms with van der Waals surface area (Å²) in [6.45, 7) is 3.90. The van der Waals surface area contributed by atoms with Gasteiger partial charge in [-0.3, -0.25) is 28.8 Å². The predicted octanol–water partition coefficient (Wildman–Crippen LogP) is 3.33. The van der Waals surface area contributed by atoms with Crippen LogP contribution in [0, 0.1) is 0 Å². The molecular formula is C46H67N7O11. The first-order valence-corrected chi connectivity index (χ1v) is 22.2. The number of unbranched alkanes of at least 4 members (excludes halogenated alkanes) is 11. The zero-order chi connectivity index (χ0) is 47.3. The lowest BCUT2D eigenvalue weighted by Gasteiger charge is -2.30. The van der Waals surface area contributed by atoms with E-state index in [0.717, 1.165) is 35.5 Å². The number of nitrogens with one attached hydrogen (secondary N) is 5. The molecule has 64 heavy (non-hydrogen) atoms. The lowest BCUT2D eigenvalue weighted by atomic mass is 9.91. The van der Waals surface area contributed by atoms with E-state index in [-0.39, 0.29) is 34.4 Å². The Morgan fingerprint density at radius 2 is 1.45 bits per heavy atom. The Balaban J connectivity index is 1.63. The Morgan fingerprint density at radius 1 is 0.828 bits per heavy atom. The van der Waals surface area contributed by atoms with E-state index in [1.165, 1.54) is 116 Å². The molecule has 0 fully saturated rings. The molecule has 3 rings (SSSR count). The summed E-state index contributed by atoms with van der Waals surface area (Å²) in [5.41, 5.74) is 0.987. The number of carbonyl (C=O) groups is 8. The predicted molar refractivity (Wildman–Crippen MR) is 239 cm³/mol. The molecule has 1 heterocycles. The third-order valence-corrected chi connectivity index (χ3v) is 11.4. The van der Waals surface area contributed by atoms with Crippen LogP contribution < -0.4 is 26.6 Å². The second-order valence-corrected chi connectivity index (χ2v) is 16.4. The highest BCUT2D eigenvalue weighted by Crippen LogP contribution is 2.35. The smallest absolute Gasteiger partial charge is 0.326 e. The number of phenols is 1. The number of aliphatic hydroxyl groups is 1. The Morgan fingerprint density at radius 3 is 2.05 bits per heavy atom. The summed E-state index contributed by atoms with van der Waals surface area (Å²) in [4.78, 5) is 106. The maximum Gasteiger partial charge on any atom is 0.326 e. The van der Waals surface area contributed by atoms with Crippen LogP contribution in [0.3, 0.4) is 0 Å². The number of benzene rings is 2. The van der Waals surface area contributed by atoms with Gasteiger partial charge in [-0.15, -0.1) is 0 Å². The number of rotatable bonds is 23. The van der Waals surface area contributed by atoms with Crippen molar-refractivity contribution in [2.75, 3.05) is 33.8 Å². The fourth-order valence-electron chi connectivity index (χ4n) is 7.42. The summed E-state index contributed by atoms with van der Waals surface area (Å²) in [5, 5.41) is 43.3. The van der Waals surface area contributed by atoms with E-state index in [4.69, 9.17) is 0 Å². The molecule has 18 heteroatoms. The number of phenolic OH excluding ortho intramolecular Hbond substituents is 1. The third kappa shape index (κ3) is 15.6. The number of carboxylic acids is 1. The topological polar surface area (TPSA) is 264 Å². The number of aldehydes is 1. The molecule has 0 saturated heterocycles. The van der Waals surface area contributed by atoms with Gasteiger partial charge in [0.15, 0.2) is 6.29 Å². The summed E-state index contributed by atoms with van der Waals surface area (Å²) in [6.07, 6.45) is 14.5. The molecule has 4 bridgehead atoms. The molecule has 8 N–H and O–H groups in total. The van der Waals surface area contributed by atoms with Gasteiger partial charge in [0.05, 0.1) is 13.2 Å². The van der Waals surface area contributed by atoms with E-state index in [0.29, 0.717) is 18.4 Å². The largest absolute Gasteiger partial charge is 0.507 e. The number of aliphatic carboxylic acids is 1. The standard InChI is InChI=1S/C46H67N7O11/c1-6-7-8-9-10-11-12-13-14-15-16-17-22-47-46(64)52(4)37(28-55)43(60)49-29(2)41(58)48-26-39(57)53(5)40-32-19-20-33(27-54)34(25-32)35-23-31(18-21-38(35)56)24-36(45(62)63)51-42(59)30(3)50-44(40)61/h18-21,23,25,27,29-30,36-37,40,55-56H,6-17,22,24,26,28H2,1-5H3,(H,47,64)(H,48,58)(H,49,60)(H,50,61)(H,51,59)(H,62,63)/t29-,30+,36+,37-,40+/m1/s1. The average molecular weight is 894 g/mol. The molecule has 0 aromatic heterocycles. The van der Waals surface area contributed by atoms with E-state index in [9.17, 15) is 53.7 Å². The normalized spacial score (nSPS) is 17.1. The summed E-state index contributed by atoms with van der Waals surface area (Å²) in [7, 11) is 2.63. The van der Waals surface area contributed by atoms with Crippen molar-refractivity contribution in [3.63, 3.8) is 0 Å². The number of urea groups is 1. The molecule has 18 nitrogen and oxygen atoms in total. The molecular weight excluding hydrogens is 827 g/mol. The maximum absolute atomic E-state index is 13.9. The number of fused-ring (bicyclic) bond motifs is 5. The number of nitrogens with zero attached hydrogens (tertiary/aromatic N) is 2. The fraction of sp³-hybridized carbons (Fsp3) is 0.565. The Kier molecular flexibility index (Phi) is 21.7. The zero-order valence-corrected chi connectivity index (χ0v) is 37.7. The fourth-order valence-corrected chi connectivity index (χ4v) is 7.42. The second kappa shape index (κ2) is 26.6. The van der Waals surface area contributed by atoms with Gasteiger partial charge < -0.3 is 51.7 Å². The summed E-state index contributed by atoms with van der Waals surface area (Å²) >= 11 is 0. The van der Waals surface area contributed by atoms with Gasteiger partial charge in [0.2, 0.25) is 29.5 Å². The number of carboxylic acid groups (broad SMARTS) is 1. The van der Waals surface area contributed by atoms with E-state index >= 15 is 0 Å². The third-order valence-electron chi connectivity index (χ3n) is 11.4. The monoisotopic (exact) mass is 893 g/mol. The molecule has 352 valence electrons. The van der Waals surface area contributed by atoms with Crippen LogP contribution in [-0.2, 0) is 35.2 Å². The van der Waals surface area contributed by atoms with Crippen LogP contribution >= 0.6 is 0 Å². The van der Waals surface area contributed by atoms with Gasteiger partial charge in [-0.05, 0) is 55.2 Å². The van der Waals surface area contributed by atoms with Crippen LogP contribution in [-0.4, -0.2) is 131 Å². The van der Waals surface area contributed by atoms with E-state index < -0.39 is 84.9 Å². The van der Waals surface area contributed by atoms with E-state index in [2.05, 4.69) is 33.5 Å². The lowest BCUT2D eigenvalue weighted by molar-refractivity contribution is -0.143. The van der Waals surface area contributed by atoms with Crippen molar-refractivity contribution < 1.29 is 53.7 Å². The second-order valence-electron chi connectivity index (χ2n) is 16.4. The van der Waals surface area contributed by atoms with Gasteiger partial charge in [0, 0.05) is 38.2 Å². The van der Waals surface area contributed by atoms with Crippen molar-refractivity contribution in [1.29, 1.82) is 0 Å². The number of amides is 7. The molecule has 0 saturated carbocycles. The minimum atomic E-state index is -1.48. The quantitative estimate of drug-likeness (QED) is 0.0593. The summed E-state index contributed by atoms with van der Waals surface area (Å²) in [6, 6.07) is 1.19. The molecule has 2 aromatic rings. The van der Waals surface area contributed by atoms with Gasteiger partial charge in [-0.1, -0.05) is 95.8 Å². The van der Waals surface area contributed by atoms with Gasteiger partial charge in [-0.2, -0.15) is 0 Å². The molecule has 0 aliphatic carbocycles. The first-order chi connectivity index (χ1) is 30.5. The van der Waals surface area contributed by atoms with Gasteiger partial charge >= 0.3 is 12.0 Å². The van der Waals surface area contributed by atoms with Crippen LogP contribution in [0.15, 0.2) is 36.4 Å². The number of aromatic hydroxyl groups is 1. The van der Waals surface area contributed by atoms with Crippen LogP contribution in [0.4, 0.5) is 4.79 Å². The molecule has 1 aliphatic rings. The first-order valence-electron chi connectivity index (χ1n) is 22.2. The first kappa shape index (κ1) is 52.3. The average Bonchev–Trinajstić information content (AvgIpc) is 3.26. The number of hydrogen-bond donors (Lipinski definition) is 8. The highest BCUT2D eigenvalue weighted by atomic mass is 16.4. The highest BCUT2D eigenvalue weighted by Gasteiger charge is 2.34. The molecule has 1 aliphatic heterocycles. The Bertz CT molecular complexity index is 1940. The lowest BCUT2D eigenvalue weighted by Crippen LogP contribution is -2.56. The molecule has 2 aromatic carbocycles. The van der Waals surface area contributed by atoms with Gasteiger partial charge in [-0.25, -0.2) is 9.59 Å². The zero-order valence-electron chi connectivity index (χ0n) is 37.7. The van der Waals surface area contributed by atoms with E-state index in [1.54, 1.807) is 0 Å². The molecule has 5 atom stereocenters. The molecule has 0 unspecified atom stereocenters. The van der Waals surface area contributed by atoms with Crippen molar-refractivity contribution in [2.45, 2.75) is 134 Å². The SMILES string of the molecule is CCCCCCCCCCCCCCNC(=O)N(C)[C@H](CO)C(=O)N[C@H](C)C(=O)NCC(=O)N(C)[C@@H]1C(=O)N[C@@H](C)C(=O)N[C@H](C(=O)O)Cc2ccc(O)c(c2)-c2cc1ccc2C=O. The van der Waals surface area contributed by atoms with Crippen LogP contribution in [0.5, 0.6) is 5.75 Å². The minimum Gasteiger partial charge on any atom is -0.507 e. The summed E-state index contributed by atoms with van der Waals surface area (Å²) in [5.74, 6) is -5.71. The maximum atomic E-state index is 13.9. The number of aliphatic hydroxyl groups excluding tert-OH is 1. The van der Waals surface area contributed by atoms with Crippen molar-refractivity contribution >= 4 is 47.8 Å². The van der Waals surface area contributed by atoms with Crippen LogP contribution in [0.2, 0.25) is 0 Å². The van der Waals surface area contributed by atoms with Crippen LogP contribution in [0.25, 0.3) is 11.1 Å². The van der Waals surface area contributed by atoms with Crippen molar-refractivity contribution in [1.82, 2.24) is 36.4 Å². The van der Waals surface area contributed by atoms with Crippen LogP contribution in [0.1, 0.15) is 125 Å². The van der Waals surface area contributed by atoms with E-state index in [1.807, 2.05) is 0 Å². The minimum absolute atomic E-state index is 0.112. The number of hydrogen-bond acceptors (Lipinski definition) is 10.